The van der Waals surface area contributed by atoms with Crippen molar-refractivity contribution in [2.24, 2.45) is 11.7 Å². The first kappa shape index (κ1) is 18.5. The third-order valence-corrected chi connectivity index (χ3v) is 4.95. The van der Waals surface area contributed by atoms with E-state index in [1.54, 1.807) is 24.4 Å². The summed E-state index contributed by atoms with van der Waals surface area (Å²) in [6.45, 7) is -1.91. The smallest absolute Gasteiger partial charge is 0.273 e. The average Bonchev–Trinajstić information content (AvgIpc) is 3.57. The summed E-state index contributed by atoms with van der Waals surface area (Å²) in [5.74, 6) is -0.745. The maximum atomic E-state index is 12.7. The molecule has 5 N–H and O–H groups in total. The van der Waals surface area contributed by atoms with Crippen molar-refractivity contribution in [3.8, 4) is 17.0 Å². The molecule has 0 bridgehead atoms. The zero-order valence-electron chi connectivity index (χ0n) is 20.8. The first-order valence-corrected chi connectivity index (χ1v) is 10.2. The molecule has 0 atom stereocenters. The second-order valence-electron chi connectivity index (χ2n) is 7.34. The number of nitrogens with two attached hydrogens (primary N) is 1. The highest BCUT2D eigenvalue weighted by molar-refractivity contribution is 6.00. The Kier molecular flexibility index (Phi) is 5.39. The van der Waals surface area contributed by atoms with Crippen molar-refractivity contribution < 1.29 is 18.4 Å². The molecule has 1 aliphatic rings. The lowest BCUT2D eigenvalue weighted by atomic mass is 10.1. The largest absolute Gasteiger partial charge is 0.494 e. The van der Waals surface area contributed by atoms with Gasteiger partial charge < -0.3 is 26.4 Å². The van der Waals surface area contributed by atoms with Crippen molar-refractivity contribution in [3.63, 3.8) is 0 Å². The third kappa shape index (κ3) is 4.90. The Hall–Kier alpha value is -4.06. The number of carbonyl (C=O) groups is 2. The van der Waals surface area contributed by atoms with Crippen molar-refractivity contribution in [1.82, 2.24) is 30.5 Å². The summed E-state index contributed by atoms with van der Waals surface area (Å²) >= 11 is 0. The first-order valence-electron chi connectivity index (χ1n) is 11.7. The number of anilines is 3. The number of aromatic nitrogens is 5. The molecule has 0 unspecified atom stereocenters. The van der Waals surface area contributed by atoms with Gasteiger partial charge in [0.2, 0.25) is 5.91 Å². The van der Waals surface area contributed by atoms with Gasteiger partial charge in [0.1, 0.15) is 5.69 Å². The molecule has 33 heavy (non-hydrogen) atoms. The number of methoxy groups -OCH3 is 1. The predicted molar refractivity (Wildman–Crippen MR) is 121 cm³/mol. The van der Waals surface area contributed by atoms with Crippen LogP contribution in [0.3, 0.4) is 0 Å². The van der Waals surface area contributed by atoms with Crippen LogP contribution in [0.1, 0.15) is 27.4 Å². The van der Waals surface area contributed by atoms with E-state index in [1.807, 2.05) is 5.32 Å². The summed E-state index contributed by atoms with van der Waals surface area (Å²) in [6, 6.07) is 6.64. The average molecular weight is 455 g/mol. The van der Waals surface area contributed by atoms with Gasteiger partial charge in [-0.05, 0) is 25.0 Å². The van der Waals surface area contributed by atoms with Crippen LogP contribution in [0, 0.1) is 5.92 Å². The second kappa shape index (κ2) is 9.61. The minimum absolute atomic E-state index is 0.0776. The fourth-order valence-electron chi connectivity index (χ4n) is 3.19. The molecule has 0 spiro atoms. The highest BCUT2D eigenvalue weighted by Gasteiger charge is 2.30. The van der Waals surface area contributed by atoms with Crippen molar-refractivity contribution in [2.75, 3.05) is 31.3 Å². The predicted octanol–water partition coefficient (Wildman–Crippen LogP) is 1.15. The number of ether oxygens (including phenoxy) is 1. The Morgan fingerprint density at radius 1 is 1.30 bits per heavy atom. The minimum Gasteiger partial charge on any atom is -0.494 e. The molecule has 2 heterocycles. The molecule has 3 aromatic rings. The van der Waals surface area contributed by atoms with Crippen molar-refractivity contribution in [2.45, 2.75) is 19.4 Å². The summed E-state index contributed by atoms with van der Waals surface area (Å²) in [5, 5.41) is 24.0. The van der Waals surface area contributed by atoms with Gasteiger partial charge in [0.05, 0.1) is 31.2 Å². The van der Waals surface area contributed by atoms with Crippen LogP contribution in [0.4, 0.5) is 17.2 Å². The van der Waals surface area contributed by atoms with Gasteiger partial charge in [-0.2, -0.15) is 15.0 Å². The van der Waals surface area contributed by atoms with Crippen LogP contribution < -0.4 is 26.4 Å². The van der Waals surface area contributed by atoms with E-state index in [9.17, 15) is 9.59 Å². The van der Waals surface area contributed by atoms with Crippen molar-refractivity contribution in [1.29, 1.82) is 0 Å². The van der Waals surface area contributed by atoms with E-state index in [0.717, 1.165) is 12.8 Å². The molecule has 1 aliphatic carbocycles. The Labute approximate surface area is 194 Å². The molecule has 12 nitrogen and oxygen atoms in total. The van der Waals surface area contributed by atoms with Gasteiger partial charge in [0.15, 0.2) is 17.3 Å². The normalized spacial score (nSPS) is 14.5. The summed E-state index contributed by atoms with van der Waals surface area (Å²) in [4.78, 5) is 26.3. The van der Waals surface area contributed by atoms with Gasteiger partial charge >= 0.3 is 0 Å². The molecule has 0 aliphatic heterocycles. The Bertz CT molecular complexity index is 1280. The van der Waals surface area contributed by atoms with E-state index < -0.39 is 12.9 Å². The Morgan fingerprint density at radius 2 is 2.15 bits per heavy atom. The molecule has 2 aromatic heterocycles. The number of benzene rings is 1. The third-order valence-electron chi connectivity index (χ3n) is 4.95. The minimum atomic E-state index is -2.73. The van der Waals surface area contributed by atoms with Crippen molar-refractivity contribution >= 4 is 29.0 Å². The second-order valence-corrected chi connectivity index (χ2v) is 7.34. The Balaban J connectivity index is 1.70. The number of nitrogens with zero attached hydrogens (tertiary/aromatic N) is 5. The number of carbonyl (C=O) groups excluding carboxylic acids is 2. The summed E-state index contributed by atoms with van der Waals surface area (Å²) in [6.07, 6.45) is 3.17. The van der Waals surface area contributed by atoms with Gasteiger partial charge in [-0.3, -0.25) is 9.59 Å². The van der Waals surface area contributed by atoms with E-state index in [4.69, 9.17) is 14.6 Å². The monoisotopic (exact) mass is 454 g/mol. The van der Waals surface area contributed by atoms with Gasteiger partial charge in [-0.1, -0.05) is 6.07 Å². The molecular weight excluding hydrogens is 426 g/mol. The first-order chi connectivity index (χ1) is 17.2. The van der Waals surface area contributed by atoms with Crippen LogP contribution in [-0.4, -0.2) is 57.6 Å². The Morgan fingerprint density at radius 3 is 2.88 bits per heavy atom. The number of hydrogen-bond donors (Lipinski definition) is 4. The van der Waals surface area contributed by atoms with Crippen LogP contribution in [0.5, 0.6) is 5.75 Å². The fourth-order valence-corrected chi connectivity index (χ4v) is 3.19. The van der Waals surface area contributed by atoms with Gasteiger partial charge in [-0.15, -0.1) is 10.2 Å². The lowest BCUT2D eigenvalue weighted by Gasteiger charge is -2.16. The highest BCUT2D eigenvalue weighted by atomic mass is 16.5. The number of nitrogens with one attached hydrogen (secondary N) is 3. The maximum Gasteiger partial charge on any atom is 0.273 e. The molecule has 12 heteroatoms. The number of para-hydroxylation sites is 1. The summed E-state index contributed by atoms with van der Waals surface area (Å²) in [7, 11) is 1.47. The lowest BCUT2D eigenvalue weighted by Crippen LogP contribution is -2.22. The van der Waals surface area contributed by atoms with Gasteiger partial charge in [0, 0.05) is 35.2 Å². The van der Waals surface area contributed by atoms with E-state index in [-0.39, 0.29) is 29.0 Å². The zero-order valence-corrected chi connectivity index (χ0v) is 17.8. The molecular formula is C21H25N9O3. The van der Waals surface area contributed by atoms with E-state index in [2.05, 4.69) is 31.0 Å². The number of hydrogen-bond acceptors (Lipinski definition) is 9. The van der Waals surface area contributed by atoms with Crippen LogP contribution in [0.25, 0.3) is 11.3 Å². The molecule has 4 rings (SSSR count). The molecule has 0 saturated heterocycles. The number of rotatable bonds is 9. The molecule has 0 radical (unpaired) electrons. The molecule has 1 aromatic carbocycles. The van der Waals surface area contributed by atoms with Crippen molar-refractivity contribution in [3.05, 3.63) is 36.2 Å². The van der Waals surface area contributed by atoms with Gasteiger partial charge in [-0.25, -0.2) is 0 Å². The maximum absolute atomic E-state index is 12.7. The quantitative estimate of drug-likeness (QED) is 0.371. The van der Waals surface area contributed by atoms with E-state index >= 15 is 0 Å². The molecule has 172 valence electrons. The van der Waals surface area contributed by atoms with Crippen LogP contribution in [0.15, 0.2) is 30.5 Å². The SMILES string of the molecule is [2H]C([2H])([2H])NC(=O)c1nnc(NC(=O)C2CC2)cc1Nc1cccc(-c2cnn(CCN)n2)c1OC. The number of amides is 2. The summed E-state index contributed by atoms with van der Waals surface area (Å²) < 4.78 is 27.7. The van der Waals surface area contributed by atoms with Crippen LogP contribution in [-0.2, 0) is 11.3 Å². The topological polar surface area (TPSA) is 162 Å². The van der Waals surface area contributed by atoms with E-state index in [1.165, 1.54) is 18.0 Å². The highest BCUT2D eigenvalue weighted by Crippen LogP contribution is 2.37. The van der Waals surface area contributed by atoms with Crippen LogP contribution >= 0.6 is 0 Å². The molecule has 1 fully saturated rings. The molecule has 2 amide bonds. The zero-order chi connectivity index (χ0) is 25.9. The summed E-state index contributed by atoms with van der Waals surface area (Å²) in [5.41, 5.74) is 6.98. The fraction of sp³-hybridized carbons (Fsp3) is 0.333. The van der Waals surface area contributed by atoms with E-state index in [0.29, 0.717) is 35.8 Å². The van der Waals surface area contributed by atoms with Gasteiger partial charge in [0.25, 0.3) is 5.91 Å². The standard InChI is InChI=1S/C21H25N9O3/c1-23-21(32)18-15(10-17(27-28-18)26-20(31)12-6-7-12)25-14-5-3-4-13(19(14)33-2)16-11-24-30(29-16)9-8-22/h3-5,10-12H,6-9,22H2,1-2H3,(H,23,32)(H2,25,26,27,31)/i1D3. The lowest BCUT2D eigenvalue weighted by molar-refractivity contribution is -0.117. The van der Waals surface area contributed by atoms with Crippen LogP contribution in [0.2, 0.25) is 0 Å². The molecule has 1 saturated carbocycles.